The van der Waals surface area contributed by atoms with Gasteiger partial charge in [-0.2, -0.15) is 0 Å². The Morgan fingerprint density at radius 2 is 1.65 bits per heavy atom. The molecule has 0 unspecified atom stereocenters. The molecule has 4 amide bonds. The van der Waals surface area contributed by atoms with E-state index >= 15 is 0 Å². The van der Waals surface area contributed by atoms with Gasteiger partial charge in [-0.1, -0.05) is 13.8 Å². The third-order valence-corrected chi connectivity index (χ3v) is 3.42. The van der Waals surface area contributed by atoms with Gasteiger partial charge >= 0.3 is 6.03 Å². The number of urea groups is 1. The van der Waals surface area contributed by atoms with E-state index in [-0.39, 0.29) is 36.4 Å². The fraction of sp³-hybridized carbons (Fsp3) is 0.786. The Morgan fingerprint density at radius 3 is 2.00 bits per heavy atom. The zero-order valence-electron chi connectivity index (χ0n) is 13.1. The number of amides is 4. The molecule has 1 fully saturated rings. The van der Waals surface area contributed by atoms with Gasteiger partial charge in [0.25, 0.3) is 5.91 Å². The second kappa shape index (κ2) is 6.24. The highest BCUT2D eigenvalue weighted by Crippen LogP contribution is 2.15. The smallest absolute Gasteiger partial charge is 0.325 e. The summed E-state index contributed by atoms with van der Waals surface area (Å²) >= 11 is 0. The number of nitrogens with one attached hydrogen (secondary N) is 1. The van der Waals surface area contributed by atoms with Crippen LogP contribution in [0.15, 0.2) is 0 Å². The lowest BCUT2D eigenvalue weighted by atomic mass is 10.1. The molecule has 0 aliphatic carbocycles. The van der Waals surface area contributed by atoms with Gasteiger partial charge in [-0.3, -0.25) is 14.5 Å². The largest absolute Gasteiger partial charge is 0.336 e. The average Bonchev–Trinajstić information content (AvgIpc) is 2.56. The molecule has 0 aromatic rings. The van der Waals surface area contributed by atoms with Gasteiger partial charge in [0.2, 0.25) is 5.91 Å². The minimum atomic E-state index is -0.526. The number of nitrogens with zero attached hydrogens (tertiary/aromatic N) is 2. The molecule has 6 heteroatoms. The zero-order chi connectivity index (χ0) is 15.6. The first kappa shape index (κ1) is 16.5. The SMILES string of the molecule is CC(C)[C@H]1NC(=O)N(CC(=O)N(C(C)C)C(C)C)C1=O. The zero-order valence-corrected chi connectivity index (χ0v) is 13.1. The standard InChI is InChI=1S/C14H25N3O3/c1-8(2)12-13(19)16(14(20)15-12)7-11(18)17(9(3)4)10(5)6/h8-10,12H,7H2,1-6H3,(H,15,20)/t12-/m1/s1. The topological polar surface area (TPSA) is 69.7 Å². The lowest BCUT2D eigenvalue weighted by Crippen LogP contribution is -2.48. The van der Waals surface area contributed by atoms with E-state index in [1.165, 1.54) is 0 Å². The van der Waals surface area contributed by atoms with Crippen molar-refractivity contribution < 1.29 is 14.4 Å². The van der Waals surface area contributed by atoms with Crippen molar-refractivity contribution in [2.45, 2.75) is 59.7 Å². The number of hydrogen-bond acceptors (Lipinski definition) is 3. The van der Waals surface area contributed by atoms with E-state index < -0.39 is 12.1 Å². The Labute approximate surface area is 120 Å². The molecule has 0 aromatic carbocycles. The number of carbonyl (C=O) groups is 3. The molecule has 6 nitrogen and oxygen atoms in total. The molecule has 114 valence electrons. The minimum absolute atomic E-state index is 0.0119. The molecule has 1 aliphatic rings. The van der Waals surface area contributed by atoms with E-state index in [1.807, 2.05) is 41.5 Å². The highest BCUT2D eigenvalue weighted by molar-refractivity contribution is 6.06. The van der Waals surface area contributed by atoms with Crippen molar-refractivity contribution in [3.05, 3.63) is 0 Å². The second-order valence-electron chi connectivity index (χ2n) is 6.08. The molecular weight excluding hydrogens is 258 g/mol. The summed E-state index contributed by atoms with van der Waals surface area (Å²) < 4.78 is 0. The fourth-order valence-electron chi connectivity index (χ4n) is 2.53. The summed E-state index contributed by atoms with van der Waals surface area (Å²) in [6, 6.07) is -0.940. The lowest BCUT2D eigenvalue weighted by Gasteiger charge is -2.31. The number of carbonyl (C=O) groups excluding carboxylic acids is 3. The van der Waals surface area contributed by atoms with Crippen LogP contribution in [0.4, 0.5) is 4.79 Å². The number of hydrogen-bond donors (Lipinski definition) is 1. The quantitative estimate of drug-likeness (QED) is 0.771. The molecule has 1 heterocycles. The van der Waals surface area contributed by atoms with E-state index in [2.05, 4.69) is 5.32 Å². The van der Waals surface area contributed by atoms with Crippen LogP contribution in [-0.4, -0.2) is 52.3 Å². The Morgan fingerprint density at radius 1 is 1.15 bits per heavy atom. The van der Waals surface area contributed by atoms with Crippen LogP contribution >= 0.6 is 0 Å². The Hall–Kier alpha value is -1.59. The van der Waals surface area contributed by atoms with Crippen molar-refractivity contribution in [1.29, 1.82) is 0 Å². The van der Waals surface area contributed by atoms with Gasteiger partial charge in [-0.25, -0.2) is 4.79 Å². The van der Waals surface area contributed by atoms with Crippen LogP contribution in [0.2, 0.25) is 0 Å². The minimum Gasteiger partial charge on any atom is -0.336 e. The fourth-order valence-corrected chi connectivity index (χ4v) is 2.53. The van der Waals surface area contributed by atoms with Crippen LogP contribution in [0.25, 0.3) is 0 Å². The van der Waals surface area contributed by atoms with Crippen LogP contribution in [0, 0.1) is 5.92 Å². The van der Waals surface area contributed by atoms with Gasteiger partial charge < -0.3 is 10.2 Å². The maximum Gasteiger partial charge on any atom is 0.325 e. The molecule has 0 spiro atoms. The molecule has 1 rings (SSSR count). The summed E-state index contributed by atoms with van der Waals surface area (Å²) in [6.45, 7) is 11.2. The molecule has 0 bridgehead atoms. The molecule has 1 saturated heterocycles. The maximum absolute atomic E-state index is 12.3. The molecule has 0 saturated carbocycles. The predicted octanol–water partition coefficient (Wildman–Crippen LogP) is 1.21. The van der Waals surface area contributed by atoms with Gasteiger partial charge in [0.05, 0.1) is 0 Å². The first-order valence-electron chi connectivity index (χ1n) is 7.09. The van der Waals surface area contributed by atoms with E-state index in [1.54, 1.807) is 4.90 Å². The van der Waals surface area contributed by atoms with Crippen LogP contribution in [-0.2, 0) is 9.59 Å². The van der Waals surface area contributed by atoms with Gasteiger partial charge in [0.1, 0.15) is 12.6 Å². The maximum atomic E-state index is 12.3. The van der Waals surface area contributed by atoms with Gasteiger partial charge in [0, 0.05) is 12.1 Å². The summed E-state index contributed by atoms with van der Waals surface area (Å²) in [5.74, 6) is -0.508. The van der Waals surface area contributed by atoms with E-state index in [0.717, 1.165) is 4.90 Å². The van der Waals surface area contributed by atoms with Crippen LogP contribution in [0.5, 0.6) is 0 Å². The summed E-state index contributed by atoms with van der Waals surface area (Å²) in [5.41, 5.74) is 0. The van der Waals surface area contributed by atoms with Gasteiger partial charge in [-0.15, -0.1) is 0 Å². The third-order valence-electron chi connectivity index (χ3n) is 3.42. The summed E-state index contributed by atoms with van der Waals surface area (Å²) in [4.78, 5) is 39.0. The molecule has 1 atom stereocenters. The molecule has 0 aromatic heterocycles. The average molecular weight is 283 g/mol. The third kappa shape index (κ3) is 3.29. The van der Waals surface area contributed by atoms with Crippen LogP contribution < -0.4 is 5.32 Å². The number of rotatable bonds is 5. The van der Waals surface area contributed by atoms with E-state index in [9.17, 15) is 14.4 Å². The summed E-state index contributed by atoms with van der Waals surface area (Å²) in [5, 5.41) is 2.62. The summed E-state index contributed by atoms with van der Waals surface area (Å²) in [7, 11) is 0. The predicted molar refractivity (Wildman–Crippen MR) is 76.0 cm³/mol. The molecule has 1 N–H and O–H groups in total. The second-order valence-corrected chi connectivity index (χ2v) is 6.08. The monoisotopic (exact) mass is 283 g/mol. The van der Waals surface area contributed by atoms with Crippen molar-refractivity contribution in [1.82, 2.24) is 15.1 Å². The van der Waals surface area contributed by atoms with Crippen molar-refractivity contribution in [3.8, 4) is 0 Å². The summed E-state index contributed by atoms with van der Waals surface area (Å²) in [6.07, 6.45) is 0. The lowest BCUT2D eigenvalue weighted by molar-refractivity contribution is -0.140. The van der Waals surface area contributed by atoms with Crippen LogP contribution in [0.3, 0.4) is 0 Å². The highest BCUT2D eigenvalue weighted by Gasteiger charge is 2.41. The van der Waals surface area contributed by atoms with Crippen molar-refractivity contribution in [3.63, 3.8) is 0 Å². The van der Waals surface area contributed by atoms with Gasteiger partial charge in [0.15, 0.2) is 0 Å². The molecular formula is C14H25N3O3. The normalized spacial score (nSPS) is 19.2. The van der Waals surface area contributed by atoms with E-state index in [4.69, 9.17) is 0 Å². The Bertz CT molecular complexity index is 396. The van der Waals surface area contributed by atoms with Crippen LogP contribution in [0.1, 0.15) is 41.5 Å². The molecule has 20 heavy (non-hydrogen) atoms. The first-order valence-corrected chi connectivity index (χ1v) is 7.09. The van der Waals surface area contributed by atoms with E-state index in [0.29, 0.717) is 0 Å². The Balaban J connectivity index is 2.80. The Kier molecular flexibility index (Phi) is 5.14. The van der Waals surface area contributed by atoms with Crippen molar-refractivity contribution >= 4 is 17.8 Å². The number of imide groups is 1. The first-order chi connectivity index (χ1) is 9.16. The van der Waals surface area contributed by atoms with Gasteiger partial charge in [-0.05, 0) is 33.6 Å². The van der Waals surface area contributed by atoms with Crippen molar-refractivity contribution in [2.75, 3.05) is 6.54 Å². The molecule has 0 radical (unpaired) electrons. The highest BCUT2D eigenvalue weighted by atomic mass is 16.2. The molecule has 1 aliphatic heterocycles. The van der Waals surface area contributed by atoms with Crippen molar-refractivity contribution in [2.24, 2.45) is 5.92 Å².